The lowest BCUT2D eigenvalue weighted by atomic mass is 9.97. The lowest BCUT2D eigenvalue weighted by Crippen LogP contribution is -2.52. The monoisotopic (exact) mass is 384 g/mol. The Morgan fingerprint density at radius 2 is 2.07 bits per heavy atom. The maximum Gasteiger partial charge on any atom is 0.255 e. The Labute approximate surface area is 165 Å². The second-order valence-corrected chi connectivity index (χ2v) is 8.19. The van der Waals surface area contributed by atoms with Crippen LogP contribution in [0.1, 0.15) is 47.2 Å². The zero-order valence-electron chi connectivity index (χ0n) is 16.4. The van der Waals surface area contributed by atoms with Crippen LogP contribution in [0.25, 0.3) is 0 Å². The highest BCUT2D eigenvalue weighted by Gasteiger charge is 2.39. The van der Waals surface area contributed by atoms with Gasteiger partial charge >= 0.3 is 0 Å². The lowest BCUT2D eigenvalue weighted by Gasteiger charge is -2.32. The molecule has 2 fully saturated rings. The normalized spacial score (nSPS) is 25.8. The number of rotatable bonds is 5. The van der Waals surface area contributed by atoms with Gasteiger partial charge in [0.05, 0.1) is 0 Å². The lowest BCUT2D eigenvalue weighted by molar-refractivity contribution is -0.136. The van der Waals surface area contributed by atoms with Gasteiger partial charge in [0.25, 0.3) is 5.91 Å². The summed E-state index contributed by atoms with van der Waals surface area (Å²) < 4.78 is 0. The molecule has 0 radical (unpaired) electrons. The molecule has 0 aromatic heterocycles. The Balaban J connectivity index is 1.44. The largest absolute Gasteiger partial charge is 0.322 e. The Morgan fingerprint density at radius 1 is 1.21 bits per heavy atom. The Kier molecular flexibility index (Phi) is 5.46. The summed E-state index contributed by atoms with van der Waals surface area (Å²) >= 11 is 0. The minimum Gasteiger partial charge on any atom is -0.322 e. The van der Waals surface area contributed by atoms with Gasteiger partial charge in [0.15, 0.2) is 0 Å². The first-order chi connectivity index (χ1) is 13.5. The Hall–Kier alpha value is -2.25. The van der Waals surface area contributed by atoms with Gasteiger partial charge in [0.1, 0.15) is 6.04 Å². The number of piperidine rings is 2. The summed E-state index contributed by atoms with van der Waals surface area (Å²) in [4.78, 5) is 40.6. The molecule has 3 aliphatic rings. The predicted octanol–water partition coefficient (Wildman–Crippen LogP) is 0.879. The number of carbonyl (C=O) groups excluding carboxylic acids is 3. The molecule has 7 nitrogen and oxygen atoms in total. The first-order valence-electron chi connectivity index (χ1n) is 10.2. The number of imide groups is 1. The van der Waals surface area contributed by atoms with Crippen LogP contribution >= 0.6 is 0 Å². The van der Waals surface area contributed by atoms with Gasteiger partial charge in [-0.25, -0.2) is 0 Å². The van der Waals surface area contributed by atoms with Gasteiger partial charge in [-0.2, -0.15) is 0 Å². The van der Waals surface area contributed by atoms with Crippen LogP contribution in [-0.4, -0.2) is 60.2 Å². The predicted molar refractivity (Wildman–Crippen MR) is 104 cm³/mol. The van der Waals surface area contributed by atoms with Crippen LogP contribution in [0.4, 0.5) is 0 Å². The topological polar surface area (TPSA) is 81.8 Å². The quantitative estimate of drug-likeness (QED) is 0.737. The maximum atomic E-state index is 12.9. The molecule has 0 aliphatic carbocycles. The average Bonchev–Trinajstić information content (AvgIpc) is 2.99. The second-order valence-electron chi connectivity index (χ2n) is 8.19. The molecule has 2 saturated heterocycles. The third-order valence-corrected chi connectivity index (χ3v) is 6.09. The van der Waals surface area contributed by atoms with Gasteiger partial charge in [0, 0.05) is 31.6 Å². The van der Waals surface area contributed by atoms with E-state index in [1.54, 1.807) is 4.90 Å². The summed E-state index contributed by atoms with van der Waals surface area (Å²) in [5.74, 6) is -0.0387. The van der Waals surface area contributed by atoms with Crippen LogP contribution < -0.4 is 10.6 Å². The molecule has 2 N–H and O–H groups in total. The van der Waals surface area contributed by atoms with Crippen LogP contribution in [0.3, 0.4) is 0 Å². The fraction of sp³-hybridized carbons (Fsp3) is 0.571. The summed E-state index contributed by atoms with van der Waals surface area (Å²) in [6.07, 6.45) is 3.16. The maximum absolute atomic E-state index is 12.9. The fourth-order valence-corrected chi connectivity index (χ4v) is 4.71. The highest BCUT2D eigenvalue weighted by molar-refractivity contribution is 6.05. The summed E-state index contributed by atoms with van der Waals surface area (Å²) in [6, 6.07) is 5.56. The average molecular weight is 384 g/mol. The minimum atomic E-state index is -0.551. The molecule has 4 rings (SSSR count). The van der Waals surface area contributed by atoms with E-state index in [-0.39, 0.29) is 24.1 Å². The molecule has 28 heavy (non-hydrogen) atoms. The highest BCUT2D eigenvalue weighted by atomic mass is 16.2. The van der Waals surface area contributed by atoms with Gasteiger partial charge in [-0.05, 0) is 62.5 Å². The molecule has 0 saturated carbocycles. The van der Waals surface area contributed by atoms with Crippen molar-refractivity contribution >= 4 is 17.7 Å². The number of nitrogens with zero attached hydrogens (tertiary/aromatic N) is 2. The van der Waals surface area contributed by atoms with Crippen LogP contribution in [0.5, 0.6) is 0 Å². The van der Waals surface area contributed by atoms with Crippen molar-refractivity contribution in [2.75, 3.05) is 26.7 Å². The standard InChI is InChI=1S/C21H28N4O3/c1-22-10-15-3-2-8-24(12-15)11-14-4-5-16-13-25(21(28)17(16)9-14)18-6-7-19(26)23-20(18)27/h4-5,9,15,18,22H,2-3,6-8,10-13H2,1H3,(H,23,26,27). The first-order valence-corrected chi connectivity index (χ1v) is 10.2. The van der Waals surface area contributed by atoms with E-state index >= 15 is 0 Å². The number of amides is 3. The minimum absolute atomic E-state index is 0.0990. The molecule has 150 valence electrons. The van der Waals surface area contributed by atoms with Crippen molar-refractivity contribution in [1.82, 2.24) is 20.4 Å². The van der Waals surface area contributed by atoms with Gasteiger partial charge in [-0.15, -0.1) is 0 Å². The van der Waals surface area contributed by atoms with Crippen molar-refractivity contribution in [2.24, 2.45) is 5.92 Å². The van der Waals surface area contributed by atoms with Crippen molar-refractivity contribution in [1.29, 1.82) is 0 Å². The third kappa shape index (κ3) is 3.82. The molecular formula is C21H28N4O3. The molecule has 3 aliphatic heterocycles. The van der Waals surface area contributed by atoms with E-state index in [4.69, 9.17) is 0 Å². The number of fused-ring (bicyclic) bond motifs is 1. The number of carbonyl (C=O) groups is 3. The molecule has 1 aromatic carbocycles. The summed E-state index contributed by atoms with van der Waals surface area (Å²) in [5.41, 5.74) is 2.80. The van der Waals surface area contributed by atoms with Gasteiger partial charge < -0.3 is 10.2 Å². The van der Waals surface area contributed by atoms with E-state index < -0.39 is 6.04 Å². The SMILES string of the molecule is CNCC1CCCN(Cc2ccc3c(c2)C(=O)N(C2CCC(=O)NC2=O)C3)C1. The molecule has 1 aromatic rings. The van der Waals surface area contributed by atoms with Gasteiger partial charge in [-0.3, -0.25) is 24.6 Å². The molecule has 2 unspecified atom stereocenters. The smallest absolute Gasteiger partial charge is 0.255 e. The van der Waals surface area contributed by atoms with E-state index in [1.807, 2.05) is 19.2 Å². The molecule has 3 amide bonds. The molecular weight excluding hydrogens is 356 g/mol. The summed E-state index contributed by atoms with van der Waals surface area (Å²) in [5, 5.41) is 5.62. The number of hydrogen-bond acceptors (Lipinski definition) is 5. The van der Waals surface area contributed by atoms with E-state index in [2.05, 4.69) is 21.6 Å². The second kappa shape index (κ2) is 8.01. The van der Waals surface area contributed by atoms with Crippen LogP contribution in [0.15, 0.2) is 18.2 Å². The van der Waals surface area contributed by atoms with Gasteiger partial charge in [-0.1, -0.05) is 12.1 Å². The molecule has 7 heteroatoms. The molecule has 0 spiro atoms. The number of likely N-dealkylation sites (tertiary alicyclic amines) is 1. The zero-order valence-corrected chi connectivity index (χ0v) is 16.4. The summed E-state index contributed by atoms with van der Waals surface area (Å²) in [6.45, 7) is 4.50. The molecule has 2 atom stereocenters. The van der Waals surface area contributed by atoms with Crippen molar-refractivity contribution in [2.45, 2.75) is 44.8 Å². The summed E-state index contributed by atoms with van der Waals surface area (Å²) in [7, 11) is 2.00. The number of hydrogen-bond donors (Lipinski definition) is 2. The van der Waals surface area contributed by atoms with E-state index in [0.717, 1.165) is 37.3 Å². The van der Waals surface area contributed by atoms with Crippen molar-refractivity contribution in [3.8, 4) is 0 Å². The van der Waals surface area contributed by atoms with Crippen LogP contribution in [0, 0.1) is 5.92 Å². The van der Waals surface area contributed by atoms with E-state index in [1.165, 1.54) is 12.8 Å². The molecule has 3 heterocycles. The molecule has 0 bridgehead atoms. The van der Waals surface area contributed by atoms with E-state index in [9.17, 15) is 14.4 Å². The zero-order chi connectivity index (χ0) is 19.7. The first kappa shape index (κ1) is 19.1. The van der Waals surface area contributed by atoms with Crippen molar-refractivity contribution in [3.63, 3.8) is 0 Å². The van der Waals surface area contributed by atoms with Crippen LogP contribution in [-0.2, 0) is 22.7 Å². The fourth-order valence-electron chi connectivity index (χ4n) is 4.71. The van der Waals surface area contributed by atoms with Gasteiger partial charge in [0.2, 0.25) is 11.8 Å². The highest BCUT2D eigenvalue weighted by Crippen LogP contribution is 2.29. The number of benzene rings is 1. The third-order valence-electron chi connectivity index (χ3n) is 6.09. The Morgan fingerprint density at radius 3 is 2.86 bits per heavy atom. The Bertz CT molecular complexity index is 792. The number of nitrogens with one attached hydrogen (secondary N) is 2. The van der Waals surface area contributed by atoms with Crippen molar-refractivity contribution < 1.29 is 14.4 Å². The van der Waals surface area contributed by atoms with Crippen molar-refractivity contribution in [3.05, 3.63) is 34.9 Å². The van der Waals surface area contributed by atoms with E-state index in [0.29, 0.717) is 24.4 Å². The van der Waals surface area contributed by atoms with Crippen LogP contribution in [0.2, 0.25) is 0 Å².